The number of nitrogens with one attached hydrogen (secondary N) is 2. The Bertz CT molecular complexity index is 694. The van der Waals surface area contributed by atoms with Crippen molar-refractivity contribution in [3.63, 3.8) is 0 Å². The van der Waals surface area contributed by atoms with Crippen LogP contribution in [0, 0.1) is 0 Å². The summed E-state index contributed by atoms with van der Waals surface area (Å²) in [6, 6.07) is 17.5. The molecule has 1 fully saturated rings. The highest BCUT2D eigenvalue weighted by Crippen LogP contribution is 2.23. The van der Waals surface area contributed by atoms with Crippen LogP contribution in [0.3, 0.4) is 0 Å². The van der Waals surface area contributed by atoms with Gasteiger partial charge in [-0.05, 0) is 30.5 Å². The summed E-state index contributed by atoms with van der Waals surface area (Å²) in [7, 11) is 1.63. The Balaban J connectivity index is 1.76. The van der Waals surface area contributed by atoms with E-state index in [1.54, 1.807) is 7.11 Å². The van der Waals surface area contributed by atoms with Gasteiger partial charge < -0.3 is 10.1 Å². The van der Waals surface area contributed by atoms with Crippen molar-refractivity contribution in [1.82, 2.24) is 5.32 Å². The summed E-state index contributed by atoms with van der Waals surface area (Å²) in [4.78, 5) is 13.1. The van der Waals surface area contributed by atoms with Crippen molar-refractivity contribution < 1.29 is 9.53 Å². The number of amides is 1. The van der Waals surface area contributed by atoms with E-state index in [1.165, 1.54) is 25.7 Å². The van der Waals surface area contributed by atoms with Gasteiger partial charge in [-0.2, -0.15) is 0 Å². The van der Waals surface area contributed by atoms with Crippen LogP contribution in [-0.2, 0) is 4.79 Å². The first-order valence-corrected chi connectivity index (χ1v) is 9.52. The lowest BCUT2D eigenvalue weighted by atomic mass is 10.0. The molecule has 1 amide bonds. The minimum absolute atomic E-state index is 0.0336. The molecule has 2 aromatic rings. The molecule has 4 heteroatoms. The van der Waals surface area contributed by atoms with Gasteiger partial charge in [0.2, 0.25) is 5.91 Å². The van der Waals surface area contributed by atoms with Crippen molar-refractivity contribution in [2.45, 2.75) is 50.6 Å². The highest BCUT2D eigenvalue weighted by Gasteiger charge is 2.24. The molecule has 0 spiro atoms. The van der Waals surface area contributed by atoms with Crippen LogP contribution in [0.25, 0.3) is 0 Å². The van der Waals surface area contributed by atoms with Gasteiger partial charge in [-0.25, -0.2) is 0 Å². The Labute approximate surface area is 156 Å². The molecule has 1 aliphatic rings. The molecule has 1 aliphatic carbocycles. The molecule has 0 radical (unpaired) electrons. The molecule has 138 valence electrons. The predicted octanol–water partition coefficient (Wildman–Crippen LogP) is 4.69. The zero-order valence-corrected chi connectivity index (χ0v) is 15.4. The third-order valence-corrected chi connectivity index (χ3v) is 4.99. The Morgan fingerprint density at radius 3 is 2.42 bits per heavy atom. The van der Waals surface area contributed by atoms with Gasteiger partial charge in [0.15, 0.2) is 0 Å². The first-order chi connectivity index (χ1) is 12.8. The smallest absolute Gasteiger partial charge is 0.246 e. The van der Waals surface area contributed by atoms with Crippen LogP contribution in [0.1, 0.15) is 50.1 Å². The maximum Gasteiger partial charge on any atom is 0.246 e. The Kier molecular flexibility index (Phi) is 6.67. The Morgan fingerprint density at radius 2 is 1.73 bits per heavy atom. The van der Waals surface area contributed by atoms with Crippen molar-refractivity contribution in [3.05, 3.63) is 60.2 Å². The fraction of sp³-hybridized carbons (Fsp3) is 0.409. The van der Waals surface area contributed by atoms with Gasteiger partial charge in [0, 0.05) is 17.8 Å². The third kappa shape index (κ3) is 5.09. The summed E-state index contributed by atoms with van der Waals surface area (Å²) in [6.07, 6.45) is 7.33. The van der Waals surface area contributed by atoms with E-state index in [9.17, 15) is 4.79 Å². The maximum absolute atomic E-state index is 13.1. The van der Waals surface area contributed by atoms with Crippen LogP contribution in [0.5, 0.6) is 5.75 Å². The standard InChI is InChI=1S/C22H28N2O2/c1-26-20-15-9-14-19(16-20)24-22(25)21(17-10-5-4-6-11-17)23-18-12-7-2-3-8-13-18/h4-6,9-11,14-16,18,21,23H,2-3,7-8,12-13H2,1H3,(H,24,25)/t21-/m1/s1. The molecule has 1 saturated carbocycles. The molecule has 0 aliphatic heterocycles. The molecule has 4 nitrogen and oxygen atoms in total. The number of ether oxygens (including phenoxy) is 1. The number of hydrogen-bond donors (Lipinski definition) is 2. The maximum atomic E-state index is 13.1. The van der Waals surface area contributed by atoms with E-state index >= 15 is 0 Å². The average Bonchev–Trinajstić information content (AvgIpc) is 2.95. The van der Waals surface area contributed by atoms with E-state index in [-0.39, 0.29) is 11.9 Å². The van der Waals surface area contributed by atoms with E-state index in [1.807, 2.05) is 54.6 Å². The molecule has 26 heavy (non-hydrogen) atoms. The fourth-order valence-electron chi connectivity index (χ4n) is 3.57. The van der Waals surface area contributed by atoms with E-state index < -0.39 is 0 Å². The second-order valence-corrected chi connectivity index (χ2v) is 6.92. The van der Waals surface area contributed by atoms with Crippen LogP contribution < -0.4 is 15.4 Å². The Hall–Kier alpha value is -2.33. The summed E-state index contributed by atoms with van der Waals surface area (Å²) < 4.78 is 5.25. The number of carbonyl (C=O) groups excluding carboxylic acids is 1. The molecule has 2 N–H and O–H groups in total. The zero-order valence-electron chi connectivity index (χ0n) is 15.4. The lowest BCUT2D eigenvalue weighted by Gasteiger charge is -2.25. The Morgan fingerprint density at radius 1 is 1.00 bits per heavy atom. The molecule has 0 saturated heterocycles. The number of benzene rings is 2. The van der Waals surface area contributed by atoms with E-state index in [2.05, 4.69) is 10.6 Å². The minimum atomic E-state index is -0.356. The fourth-order valence-corrected chi connectivity index (χ4v) is 3.57. The van der Waals surface area contributed by atoms with Crippen LogP contribution in [0.4, 0.5) is 5.69 Å². The van der Waals surface area contributed by atoms with Gasteiger partial charge in [0.25, 0.3) is 0 Å². The van der Waals surface area contributed by atoms with Crippen molar-refractivity contribution in [2.75, 3.05) is 12.4 Å². The predicted molar refractivity (Wildman–Crippen MR) is 105 cm³/mol. The summed E-state index contributed by atoms with van der Waals surface area (Å²) in [5.74, 6) is 0.699. The molecule has 3 rings (SSSR count). The topological polar surface area (TPSA) is 50.4 Å². The SMILES string of the molecule is COc1cccc(NC(=O)[C@H](NC2CCCCCC2)c2ccccc2)c1. The zero-order chi connectivity index (χ0) is 18.2. The molecule has 1 atom stereocenters. The van der Waals surface area contributed by atoms with Gasteiger partial charge in [-0.15, -0.1) is 0 Å². The largest absolute Gasteiger partial charge is 0.497 e. The van der Waals surface area contributed by atoms with Crippen LogP contribution >= 0.6 is 0 Å². The summed E-state index contributed by atoms with van der Waals surface area (Å²) in [5.41, 5.74) is 1.75. The molecule has 0 heterocycles. The van der Waals surface area contributed by atoms with Crippen molar-refractivity contribution in [1.29, 1.82) is 0 Å². The molecule has 0 bridgehead atoms. The number of carbonyl (C=O) groups is 1. The lowest BCUT2D eigenvalue weighted by molar-refractivity contribution is -0.118. The quantitative estimate of drug-likeness (QED) is 0.742. The van der Waals surface area contributed by atoms with Crippen LogP contribution in [0.15, 0.2) is 54.6 Å². The van der Waals surface area contributed by atoms with Crippen LogP contribution in [-0.4, -0.2) is 19.1 Å². The normalized spacial score (nSPS) is 16.5. The number of methoxy groups -OCH3 is 1. The van der Waals surface area contributed by atoms with Gasteiger partial charge in [-0.3, -0.25) is 10.1 Å². The highest BCUT2D eigenvalue weighted by molar-refractivity contribution is 5.95. The van der Waals surface area contributed by atoms with Crippen molar-refractivity contribution in [3.8, 4) is 5.75 Å². The van der Waals surface area contributed by atoms with Gasteiger partial charge >= 0.3 is 0 Å². The summed E-state index contributed by atoms with van der Waals surface area (Å²) >= 11 is 0. The molecular formula is C22H28N2O2. The first kappa shape index (κ1) is 18.5. The van der Waals surface area contributed by atoms with Gasteiger partial charge in [0.1, 0.15) is 11.8 Å². The van der Waals surface area contributed by atoms with Crippen LogP contribution in [0.2, 0.25) is 0 Å². The first-order valence-electron chi connectivity index (χ1n) is 9.52. The van der Waals surface area contributed by atoms with E-state index in [0.29, 0.717) is 6.04 Å². The highest BCUT2D eigenvalue weighted by atomic mass is 16.5. The van der Waals surface area contributed by atoms with E-state index in [0.717, 1.165) is 29.8 Å². The van der Waals surface area contributed by atoms with Gasteiger partial charge in [0.05, 0.1) is 7.11 Å². The molecule has 0 unspecified atom stereocenters. The number of anilines is 1. The van der Waals surface area contributed by atoms with E-state index in [4.69, 9.17) is 4.74 Å². The van der Waals surface area contributed by atoms with Crippen molar-refractivity contribution in [2.24, 2.45) is 0 Å². The summed E-state index contributed by atoms with van der Waals surface area (Å²) in [5, 5.41) is 6.66. The molecular weight excluding hydrogens is 324 g/mol. The monoisotopic (exact) mass is 352 g/mol. The molecule has 0 aromatic heterocycles. The molecule has 2 aromatic carbocycles. The lowest BCUT2D eigenvalue weighted by Crippen LogP contribution is -2.39. The third-order valence-electron chi connectivity index (χ3n) is 4.99. The minimum Gasteiger partial charge on any atom is -0.497 e. The van der Waals surface area contributed by atoms with Crippen molar-refractivity contribution >= 4 is 11.6 Å². The number of rotatable bonds is 6. The average molecular weight is 352 g/mol. The number of hydrogen-bond acceptors (Lipinski definition) is 3. The summed E-state index contributed by atoms with van der Waals surface area (Å²) in [6.45, 7) is 0. The van der Waals surface area contributed by atoms with Gasteiger partial charge in [-0.1, -0.05) is 62.1 Å². The second-order valence-electron chi connectivity index (χ2n) is 6.92. The second kappa shape index (κ2) is 9.39.